The first kappa shape index (κ1) is 16.9. The molecule has 0 bridgehead atoms. The normalized spacial score (nSPS) is 20.9. The van der Waals surface area contributed by atoms with E-state index in [0.717, 1.165) is 0 Å². The largest absolute Gasteiger partial charge is 0.243 e. The van der Waals surface area contributed by atoms with Crippen molar-refractivity contribution in [2.24, 2.45) is 0 Å². The van der Waals surface area contributed by atoms with E-state index in [1.807, 2.05) is 13.0 Å². The highest BCUT2D eigenvalue weighted by Crippen LogP contribution is 2.25. The SMILES string of the molecule is CCCN(C1CCS(=O)(=O)C1)S(=O)(=O)c1ccc(C#N)cc1. The Morgan fingerprint density at radius 2 is 1.95 bits per heavy atom. The minimum atomic E-state index is -3.76. The minimum Gasteiger partial charge on any atom is -0.229 e. The van der Waals surface area contributed by atoms with Crippen molar-refractivity contribution in [1.29, 1.82) is 5.26 Å². The van der Waals surface area contributed by atoms with E-state index in [1.54, 1.807) is 0 Å². The zero-order chi connectivity index (χ0) is 16.4. The average molecular weight is 342 g/mol. The molecule has 1 aliphatic rings. The molecule has 1 heterocycles. The van der Waals surface area contributed by atoms with Crippen LogP contribution in [0, 0.1) is 11.3 Å². The van der Waals surface area contributed by atoms with Gasteiger partial charge in [0, 0.05) is 12.6 Å². The Bertz CT molecular complexity index is 777. The number of sulfonamides is 1. The molecule has 0 aromatic heterocycles. The second kappa shape index (κ2) is 6.36. The lowest BCUT2D eigenvalue weighted by atomic mass is 10.2. The molecule has 1 saturated heterocycles. The zero-order valence-corrected chi connectivity index (χ0v) is 13.9. The van der Waals surface area contributed by atoms with Crippen molar-refractivity contribution in [1.82, 2.24) is 4.31 Å². The van der Waals surface area contributed by atoms with E-state index in [2.05, 4.69) is 0 Å². The van der Waals surface area contributed by atoms with Crippen molar-refractivity contribution in [3.63, 3.8) is 0 Å². The number of hydrogen-bond donors (Lipinski definition) is 0. The molecule has 8 heteroatoms. The van der Waals surface area contributed by atoms with E-state index in [9.17, 15) is 16.8 Å². The molecule has 1 aromatic rings. The first-order valence-electron chi connectivity index (χ1n) is 7.02. The fourth-order valence-corrected chi connectivity index (χ4v) is 6.13. The highest BCUT2D eigenvalue weighted by atomic mass is 32.2. The van der Waals surface area contributed by atoms with Gasteiger partial charge >= 0.3 is 0 Å². The molecule has 1 aliphatic heterocycles. The summed E-state index contributed by atoms with van der Waals surface area (Å²) in [5, 5.41) is 8.78. The van der Waals surface area contributed by atoms with Gasteiger partial charge in [-0.3, -0.25) is 0 Å². The van der Waals surface area contributed by atoms with Gasteiger partial charge < -0.3 is 0 Å². The summed E-state index contributed by atoms with van der Waals surface area (Å²) in [5.74, 6) is -0.0940. The molecule has 22 heavy (non-hydrogen) atoms. The first-order valence-corrected chi connectivity index (χ1v) is 10.3. The van der Waals surface area contributed by atoms with E-state index in [1.165, 1.54) is 28.6 Å². The topological polar surface area (TPSA) is 95.3 Å². The highest BCUT2D eigenvalue weighted by molar-refractivity contribution is 7.92. The molecular weight excluding hydrogens is 324 g/mol. The highest BCUT2D eigenvalue weighted by Gasteiger charge is 2.38. The third kappa shape index (κ3) is 3.48. The Morgan fingerprint density at radius 3 is 2.41 bits per heavy atom. The van der Waals surface area contributed by atoms with Crippen molar-refractivity contribution in [3.8, 4) is 6.07 Å². The summed E-state index contributed by atoms with van der Waals surface area (Å²) in [6.07, 6.45) is 0.934. The van der Waals surface area contributed by atoms with Crippen molar-refractivity contribution < 1.29 is 16.8 Å². The number of hydrogen-bond acceptors (Lipinski definition) is 5. The van der Waals surface area contributed by atoms with Crippen LogP contribution >= 0.6 is 0 Å². The van der Waals surface area contributed by atoms with Crippen LogP contribution in [-0.4, -0.2) is 45.2 Å². The van der Waals surface area contributed by atoms with Crippen LogP contribution in [0.15, 0.2) is 29.2 Å². The average Bonchev–Trinajstić information content (AvgIpc) is 2.84. The van der Waals surface area contributed by atoms with Crippen molar-refractivity contribution in [3.05, 3.63) is 29.8 Å². The third-order valence-corrected chi connectivity index (χ3v) is 7.37. The molecule has 120 valence electrons. The minimum absolute atomic E-state index is 0.0285. The molecule has 0 aliphatic carbocycles. The summed E-state index contributed by atoms with van der Waals surface area (Å²) < 4.78 is 50.1. The fraction of sp³-hybridized carbons (Fsp3) is 0.500. The van der Waals surface area contributed by atoms with Crippen molar-refractivity contribution >= 4 is 19.9 Å². The van der Waals surface area contributed by atoms with Gasteiger partial charge in [0.15, 0.2) is 9.84 Å². The Morgan fingerprint density at radius 1 is 1.32 bits per heavy atom. The van der Waals surface area contributed by atoms with Crippen LogP contribution < -0.4 is 0 Å². The molecule has 1 aromatic carbocycles. The predicted octanol–water partition coefficient (Wildman–Crippen LogP) is 1.15. The molecule has 2 rings (SSSR count). The predicted molar refractivity (Wildman–Crippen MR) is 82.4 cm³/mol. The number of sulfone groups is 1. The Labute approximate surface area is 131 Å². The van der Waals surface area contributed by atoms with E-state index in [-0.39, 0.29) is 22.9 Å². The third-order valence-electron chi connectivity index (χ3n) is 3.65. The summed E-state index contributed by atoms with van der Waals surface area (Å²) in [7, 11) is -6.92. The number of nitriles is 1. The van der Waals surface area contributed by atoms with Gasteiger partial charge in [-0.25, -0.2) is 16.8 Å². The maximum Gasteiger partial charge on any atom is 0.243 e. The van der Waals surface area contributed by atoms with Gasteiger partial charge in [-0.15, -0.1) is 0 Å². The lowest BCUT2D eigenvalue weighted by Gasteiger charge is -2.27. The molecule has 0 amide bonds. The van der Waals surface area contributed by atoms with E-state index in [0.29, 0.717) is 18.4 Å². The summed E-state index contributed by atoms with van der Waals surface area (Å²) in [6, 6.07) is 7.10. The molecular formula is C14H18N2O4S2. The quantitative estimate of drug-likeness (QED) is 0.800. The van der Waals surface area contributed by atoms with E-state index >= 15 is 0 Å². The monoisotopic (exact) mass is 342 g/mol. The van der Waals surface area contributed by atoms with Gasteiger partial charge in [0.05, 0.1) is 28.0 Å². The van der Waals surface area contributed by atoms with Crippen LogP contribution in [0.4, 0.5) is 0 Å². The lowest BCUT2D eigenvalue weighted by molar-refractivity contribution is 0.340. The Balaban J connectivity index is 2.35. The van der Waals surface area contributed by atoms with Crippen molar-refractivity contribution in [2.75, 3.05) is 18.1 Å². The van der Waals surface area contributed by atoms with E-state index in [4.69, 9.17) is 5.26 Å². The molecule has 0 saturated carbocycles. The molecule has 6 nitrogen and oxygen atoms in total. The van der Waals surface area contributed by atoms with Gasteiger partial charge in [0.2, 0.25) is 10.0 Å². The smallest absolute Gasteiger partial charge is 0.229 e. The number of rotatable bonds is 5. The molecule has 0 N–H and O–H groups in total. The summed E-state index contributed by atoms with van der Waals surface area (Å²) >= 11 is 0. The fourth-order valence-electron chi connectivity index (χ4n) is 2.56. The zero-order valence-electron chi connectivity index (χ0n) is 12.3. The Hall–Kier alpha value is -1.43. The van der Waals surface area contributed by atoms with Crippen molar-refractivity contribution in [2.45, 2.75) is 30.7 Å². The molecule has 1 unspecified atom stereocenters. The van der Waals surface area contributed by atoms with Gasteiger partial charge in [0.25, 0.3) is 0 Å². The lowest BCUT2D eigenvalue weighted by Crippen LogP contribution is -2.41. The second-order valence-corrected chi connectivity index (χ2v) is 9.43. The first-order chi connectivity index (χ1) is 10.3. The number of nitrogens with zero attached hydrogens (tertiary/aromatic N) is 2. The molecule has 1 fully saturated rings. The molecule has 0 spiro atoms. The maximum absolute atomic E-state index is 12.8. The molecule has 1 atom stereocenters. The van der Waals surface area contributed by atoms with Crippen LogP contribution in [-0.2, 0) is 19.9 Å². The van der Waals surface area contributed by atoms with Gasteiger partial charge in [0.1, 0.15) is 0 Å². The summed E-state index contributed by atoms with van der Waals surface area (Å²) in [5.41, 5.74) is 0.379. The summed E-state index contributed by atoms with van der Waals surface area (Å²) in [6.45, 7) is 2.13. The van der Waals surface area contributed by atoms with Crippen LogP contribution in [0.2, 0.25) is 0 Å². The second-order valence-electron chi connectivity index (χ2n) is 5.31. The van der Waals surface area contributed by atoms with Gasteiger partial charge in [-0.05, 0) is 37.1 Å². The maximum atomic E-state index is 12.8. The van der Waals surface area contributed by atoms with Crippen LogP contribution in [0.3, 0.4) is 0 Å². The van der Waals surface area contributed by atoms with Crippen LogP contribution in [0.5, 0.6) is 0 Å². The van der Waals surface area contributed by atoms with E-state index < -0.39 is 25.9 Å². The summed E-state index contributed by atoms with van der Waals surface area (Å²) in [4.78, 5) is 0.0873. The van der Waals surface area contributed by atoms with Gasteiger partial charge in [-0.1, -0.05) is 6.92 Å². The Kier molecular flexibility index (Phi) is 4.90. The van der Waals surface area contributed by atoms with Crippen LogP contribution in [0.1, 0.15) is 25.3 Å². The van der Waals surface area contributed by atoms with Crippen LogP contribution in [0.25, 0.3) is 0 Å². The van der Waals surface area contributed by atoms with Gasteiger partial charge in [-0.2, -0.15) is 9.57 Å². The molecule has 0 radical (unpaired) electrons. The standard InChI is InChI=1S/C14H18N2O4S2/c1-2-8-16(13-7-9-21(17,18)11-13)22(19,20)14-5-3-12(10-15)4-6-14/h3-6,13H,2,7-9,11H2,1H3. The number of benzene rings is 1.